The van der Waals surface area contributed by atoms with Crippen molar-refractivity contribution < 1.29 is 14.3 Å². The van der Waals surface area contributed by atoms with E-state index in [4.69, 9.17) is 4.74 Å². The summed E-state index contributed by atoms with van der Waals surface area (Å²) in [4.78, 5) is 37.7. The summed E-state index contributed by atoms with van der Waals surface area (Å²) in [5, 5.41) is 3.93. The molecule has 3 aromatic rings. The van der Waals surface area contributed by atoms with E-state index in [0.29, 0.717) is 32.5 Å². The largest absolute Gasteiger partial charge is 0.497 e. The second kappa shape index (κ2) is 11.7. The van der Waals surface area contributed by atoms with E-state index in [1.165, 1.54) is 5.56 Å². The van der Waals surface area contributed by atoms with E-state index in [1.54, 1.807) is 25.5 Å². The van der Waals surface area contributed by atoms with Crippen LogP contribution in [0.2, 0.25) is 0 Å². The van der Waals surface area contributed by atoms with Crippen molar-refractivity contribution in [1.82, 2.24) is 14.5 Å². The van der Waals surface area contributed by atoms with Gasteiger partial charge in [0.05, 0.1) is 19.3 Å². The third-order valence-corrected chi connectivity index (χ3v) is 7.93. The maximum absolute atomic E-state index is 13.0. The van der Waals surface area contributed by atoms with Gasteiger partial charge < -0.3 is 19.5 Å². The fraction of sp³-hybridized carbons (Fsp3) is 0.429. The number of fused-ring (bicyclic) bond motifs is 1. The van der Waals surface area contributed by atoms with Crippen LogP contribution in [0.25, 0.3) is 0 Å². The van der Waals surface area contributed by atoms with Crippen molar-refractivity contribution in [1.29, 1.82) is 0 Å². The van der Waals surface area contributed by atoms with Crippen LogP contribution in [0.4, 0.5) is 5.00 Å². The SMILES string of the molecule is CN=Cc1c(NC(=O)CC(C)c2cccc(OC)c2)sc2c1CCN(C(=O)CCn1cc(C)nc1C)C2. The molecule has 0 aliphatic carbocycles. The number of amides is 2. The zero-order valence-corrected chi connectivity index (χ0v) is 23.0. The van der Waals surface area contributed by atoms with Crippen molar-refractivity contribution in [3.63, 3.8) is 0 Å². The first kappa shape index (κ1) is 26.6. The highest BCUT2D eigenvalue weighted by atomic mass is 32.1. The minimum absolute atomic E-state index is 0.0430. The molecule has 9 heteroatoms. The highest BCUT2D eigenvalue weighted by Crippen LogP contribution is 2.37. The number of benzene rings is 1. The molecule has 1 aromatic carbocycles. The minimum Gasteiger partial charge on any atom is -0.497 e. The van der Waals surface area contributed by atoms with E-state index in [0.717, 1.165) is 44.7 Å². The molecular weight excluding hydrogens is 486 g/mol. The monoisotopic (exact) mass is 521 g/mol. The molecule has 0 saturated carbocycles. The molecule has 196 valence electrons. The minimum atomic E-state index is -0.0430. The number of rotatable bonds is 9. The Labute approximate surface area is 222 Å². The van der Waals surface area contributed by atoms with Crippen LogP contribution in [0, 0.1) is 13.8 Å². The maximum Gasteiger partial charge on any atom is 0.225 e. The van der Waals surface area contributed by atoms with E-state index < -0.39 is 0 Å². The molecule has 0 fully saturated rings. The number of anilines is 1. The lowest BCUT2D eigenvalue weighted by Crippen LogP contribution is -2.36. The first-order valence-corrected chi connectivity index (χ1v) is 13.4. The zero-order valence-electron chi connectivity index (χ0n) is 22.2. The van der Waals surface area contributed by atoms with Crippen molar-refractivity contribution in [3.05, 3.63) is 63.5 Å². The highest BCUT2D eigenvalue weighted by molar-refractivity contribution is 7.16. The number of hydrogen-bond donors (Lipinski definition) is 1. The lowest BCUT2D eigenvalue weighted by molar-refractivity contribution is -0.132. The predicted octanol–water partition coefficient (Wildman–Crippen LogP) is 4.73. The number of aromatic nitrogens is 2. The van der Waals surface area contributed by atoms with Crippen LogP contribution in [0.5, 0.6) is 5.75 Å². The Hall–Kier alpha value is -3.46. The van der Waals surface area contributed by atoms with E-state index in [9.17, 15) is 9.59 Å². The number of aliphatic imine (C=N–C) groups is 1. The Morgan fingerprint density at radius 3 is 2.84 bits per heavy atom. The number of aryl methyl sites for hydroxylation is 3. The van der Waals surface area contributed by atoms with Gasteiger partial charge in [-0.2, -0.15) is 0 Å². The fourth-order valence-electron chi connectivity index (χ4n) is 4.79. The predicted molar refractivity (Wildman–Crippen MR) is 148 cm³/mol. The molecule has 0 bridgehead atoms. The second-order valence-corrected chi connectivity index (χ2v) is 10.6. The molecular formula is C28H35N5O3S. The van der Waals surface area contributed by atoms with Crippen LogP contribution >= 0.6 is 11.3 Å². The average Bonchev–Trinajstić information content (AvgIpc) is 3.39. The van der Waals surface area contributed by atoms with Gasteiger partial charge >= 0.3 is 0 Å². The summed E-state index contributed by atoms with van der Waals surface area (Å²) in [5.41, 5.74) is 4.16. The molecule has 1 N–H and O–H groups in total. The standard InChI is InChI=1S/C28H35N5O3S/c1-18(21-7-6-8-22(14-21)36-5)13-26(34)31-28-24(15-29-4)23-9-11-33(17-25(23)37-28)27(35)10-12-32-16-19(2)30-20(32)3/h6-8,14-16,18H,9-13,17H2,1-5H3,(H,31,34). The number of thiophene rings is 1. The molecule has 1 atom stereocenters. The molecule has 0 saturated heterocycles. The highest BCUT2D eigenvalue weighted by Gasteiger charge is 2.27. The zero-order chi connectivity index (χ0) is 26.5. The number of hydrogen-bond acceptors (Lipinski definition) is 6. The summed E-state index contributed by atoms with van der Waals surface area (Å²) in [6.07, 6.45) is 5.34. The van der Waals surface area contributed by atoms with Crippen molar-refractivity contribution in [2.24, 2.45) is 4.99 Å². The quantitative estimate of drug-likeness (QED) is 0.413. The van der Waals surface area contributed by atoms with Crippen molar-refractivity contribution in [3.8, 4) is 5.75 Å². The van der Waals surface area contributed by atoms with Crippen LogP contribution in [0.15, 0.2) is 35.5 Å². The summed E-state index contributed by atoms with van der Waals surface area (Å²) in [6.45, 7) is 7.80. The Morgan fingerprint density at radius 2 is 2.14 bits per heavy atom. The smallest absolute Gasteiger partial charge is 0.225 e. The summed E-state index contributed by atoms with van der Waals surface area (Å²) in [7, 11) is 3.38. The van der Waals surface area contributed by atoms with Gasteiger partial charge in [0.15, 0.2) is 0 Å². The molecule has 2 aromatic heterocycles. The summed E-state index contributed by atoms with van der Waals surface area (Å²) in [5.74, 6) is 1.84. The van der Waals surface area contributed by atoms with E-state index in [2.05, 4.69) is 15.3 Å². The number of methoxy groups -OCH3 is 1. The number of carbonyl (C=O) groups excluding carboxylic acids is 2. The van der Waals surface area contributed by atoms with E-state index >= 15 is 0 Å². The summed E-state index contributed by atoms with van der Waals surface area (Å²) >= 11 is 1.55. The molecule has 3 heterocycles. The van der Waals surface area contributed by atoms with E-state index in [-0.39, 0.29) is 17.7 Å². The number of ether oxygens (including phenoxy) is 1. The summed E-state index contributed by atoms with van der Waals surface area (Å²) in [6, 6.07) is 7.82. The molecule has 8 nitrogen and oxygen atoms in total. The molecule has 2 amide bonds. The van der Waals surface area contributed by atoms with Gasteiger partial charge in [-0.1, -0.05) is 19.1 Å². The van der Waals surface area contributed by atoms with E-state index in [1.807, 2.05) is 66.9 Å². The molecule has 1 unspecified atom stereocenters. The van der Waals surface area contributed by atoms with Crippen LogP contribution in [-0.2, 0) is 29.1 Å². The van der Waals surface area contributed by atoms with Crippen molar-refractivity contribution in [2.75, 3.05) is 26.0 Å². The summed E-state index contributed by atoms with van der Waals surface area (Å²) < 4.78 is 7.35. The molecule has 37 heavy (non-hydrogen) atoms. The third kappa shape index (κ3) is 6.28. The molecule has 4 rings (SSSR count). The van der Waals surface area contributed by atoms with Gasteiger partial charge in [-0.15, -0.1) is 11.3 Å². The second-order valence-electron chi connectivity index (χ2n) is 9.50. The third-order valence-electron chi connectivity index (χ3n) is 6.78. The Kier molecular flexibility index (Phi) is 8.43. The van der Waals surface area contributed by atoms with Crippen LogP contribution in [-0.4, -0.2) is 53.2 Å². The number of imidazole rings is 1. The Balaban J connectivity index is 1.42. The lowest BCUT2D eigenvalue weighted by atomic mass is 9.97. The average molecular weight is 522 g/mol. The van der Waals surface area contributed by atoms with Crippen LogP contribution in [0.3, 0.4) is 0 Å². The maximum atomic E-state index is 13.0. The first-order valence-electron chi connectivity index (χ1n) is 12.6. The fourth-order valence-corrected chi connectivity index (χ4v) is 6.04. The Morgan fingerprint density at radius 1 is 1.32 bits per heavy atom. The number of nitrogens with one attached hydrogen (secondary N) is 1. The lowest BCUT2D eigenvalue weighted by Gasteiger charge is -2.27. The van der Waals surface area contributed by atoms with Gasteiger partial charge in [0.1, 0.15) is 16.6 Å². The van der Waals surface area contributed by atoms with Gasteiger partial charge in [-0.05, 0) is 49.4 Å². The number of nitrogens with zero attached hydrogens (tertiary/aromatic N) is 4. The van der Waals surface area contributed by atoms with Gasteiger partial charge in [0, 0.05) is 55.8 Å². The first-order chi connectivity index (χ1) is 17.8. The van der Waals surface area contributed by atoms with Crippen molar-refractivity contribution in [2.45, 2.75) is 59.0 Å². The van der Waals surface area contributed by atoms with Crippen LogP contribution in [0.1, 0.15) is 58.8 Å². The van der Waals surface area contributed by atoms with Crippen molar-refractivity contribution >= 4 is 34.4 Å². The molecule has 0 spiro atoms. The topological polar surface area (TPSA) is 88.8 Å². The van der Waals surface area contributed by atoms with Crippen LogP contribution < -0.4 is 10.1 Å². The normalized spacial score (nSPS) is 14.0. The van der Waals surface area contributed by atoms with Gasteiger partial charge in [0.25, 0.3) is 0 Å². The van der Waals surface area contributed by atoms with Gasteiger partial charge in [0.2, 0.25) is 11.8 Å². The molecule has 1 aliphatic heterocycles. The van der Waals surface area contributed by atoms with Gasteiger partial charge in [-0.25, -0.2) is 4.98 Å². The number of carbonyl (C=O) groups is 2. The Bertz CT molecular complexity index is 1310. The molecule has 1 aliphatic rings. The van der Waals surface area contributed by atoms with Gasteiger partial charge in [-0.3, -0.25) is 14.6 Å². The molecule has 0 radical (unpaired) electrons.